The third-order valence-corrected chi connectivity index (χ3v) is 2.55. The minimum Gasteiger partial charge on any atom is -0.337 e. The molecule has 0 saturated heterocycles. The molecular formula is C10H17ClN2O. The fourth-order valence-electron chi connectivity index (χ4n) is 1.62. The van der Waals surface area contributed by atoms with Gasteiger partial charge in [0.1, 0.15) is 0 Å². The molecule has 0 bridgehead atoms. The van der Waals surface area contributed by atoms with E-state index < -0.39 is 0 Å². The second kappa shape index (κ2) is 6.71. The van der Waals surface area contributed by atoms with Crippen LogP contribution in [0.3, 0.4) is 0 Å². The van der Waals surface area contributed by atoms with Crippen LogP contribution in [0.15, 0.2) is 12.3 Å². The number of halogens is 1. The van der Waals surface area contributed by atoms with Crippen LogP contribution in [0.25, 0.3) is 0 Å². The van der Waals surface area contributed by atoms with Crippen molar-refractivity contribution < 1.29 is 4.79 Å². The quantitative estimate of drug-likeness (QED) is 0.696. The lowest BCUT2D eigenvalue weighted by molar-refractivity contribution is 0.244. The number of nitrogens with one attached hydrogen (secondary N) is 2. The van der Waals surface area contributed by atoms with Crippen LogP contribution in [-0.4, -0.2) is 18.5 Å². The summed E-state index contributed by atoms with van der Waals surface area (Å²) in [6.45, 7) is 0.505. The average Bonchev–Trinajstić information content (AvgIpc) is 2.67. The molecule has 3 nitrogen and oxygen atoms in total. The van der Waals surface area contributed by atoms with Gasteiger partial charge in [-0.1, -0.05) is 18.9 Å². The van der Waals surface area contributed by atoms with E-state index in [1.807, 2.05) is 0 Å². The minimum absolute atomic E-state index is 0.181. The van der Waals surface area contributed by atoms with E-state index in [1.165, 1.54) is 25.7 Å². The Hall–Kier alpha value is -0.700. The van der Waals surface area contributed by atoms with Crippen LogP contribution in [-0.2, 0) is 0 Å². The first-order chi connectivity index (χ1) is 6.83. The molecule has 4 heteroatoms. The molecule has 0 unspecified atom stereocenters. The standard InChI is InChI=1S/C10H17ClN2O/c11-6-8-13-10(14)12-7-5-9-3-1-2-4-9/h5,7,9H,1-4,6,8H2,(H2,12,13,14)/b7-5+. The highest BCUT2D eigenvalue weighted by molar-refractivity contribution is 6.18. The van der Waals surface area contributed by atoms with E-state index in [0.717, 1.165) is 0 Å². The first kappa shape index (κ1) is 11.4. The molecule has 0 aromatic rings. The Kier molecular flexibility index (Phi) is 5.45. The molecule has 0 spiro atoms. The van der Waals surface area contributed by atoms with Gasteiger partial charge < -0.3 is 10.6 Å². The molecule has 1 rings (SSSR count). The summed E-state index contributed by atoms with van der Waals surface area (Å²) in [6, 6.07) is -0.181. The largest absolute Gasteiger partial charge is 0.337 e. The highest BCUT2D eigenvalue weighted by Gasteiger charge is 2.10. The first-order valence-electron chi connectivity index (χ1n) is 5.10. The van der Waals surface area contributed by atoms with Crippen molar-refractivity contribution in [1.82, 2.24) is 10.6 Å². The molecule has 0 aliphatic heterocycles. The Morgan fingerprint density at radius 1 is 1.43 bits per heavy atom. The van der Waals surface area contributed by atoms with Gasteiger partial charge in [0.15, 0.2) is 0 Å². The number of carbonyl (C=O) groups excluding carboxylic acids is 1. The van der Waals surface area contributed by atoms with Crippen molar-refractivity contribution in [3.05, 3.63) is 12.3 Å². The van der Waals surface area contributed by atoms with Crippen LogP contribution >= 0.6 is 11.6 Å². The lowest BCUT2D eigenvalue weighted by Gasteiger charge is -2.03. The maximum Gasteiger partial charge on any atom is 0.318 e. The normalized spacial score (nSPS) is 17.5. The van der Waals surface area contributed by atoms with Gasteiger partial charge in [-0.3, -0.25) is 0 Å². The molecule has 80 valence electrons. The molecular weight excluding hydrogens is 200 g/mol. The zero-order valence-corrected chi connectivity index (χ0v) is 9.02. The van der Waals surface area contributed by atoms with Crippen molar-refractivity contribution in [2.24, 2.45) is 5.92 Å². The van der Waals surface area contributed by atoms with Gasteiger partial charge in [-0.15, -0.1) is 11.6 Å². The van der Waals surface area contributed by atoms with Crippen LogP contribution in [0.1, 0.15) is 25.7 Å². The number of allylic oxidation sites excluding steroid dienone is 1. The minimum atomic E-state index is -0.181. The molecule has 14 heavy (non-hydrogen) atoms. The molecule has 2 amide bonds. The Morgan fingerprint density at radius 3 is 2.79 bits per heavy atom. The highest BCUT2D eigenvalue weighted by Crippen LogP contribution is 2.25. The van der Waals surface area contributed by atoms with Gasteiger partial charge in [0, 0.05) is 18.6 Å². The molecule has 1 aliphatic rings. The second-order valence-electron chi connectivity index (χ2n) is 3.49. The van der Waals surface area contributed by atoms with Crippen molar-refractivity contribution >= 4 is 17.6 Å². The maximum atomic E-state index is 11.0. The summed E-state index contributed by atoms with van der Waals surface area (Å²) in [4.78, 5) is 11.0. The lowest BCUT2D eigenvalue weighted by atomic mass is 10.1. The zero-order valence-electron chi connectivity index (χ0n) is 8.26. The average molecular weight is 217 g/mol. The van der Waals surface area contributed by atoms with Gasteiger partial charge in [-0.2, -0.15) is 0 Å². The van der Waals surface area contributed by atoms with Gasteiger partial charge in [-0.05, 0) is 18.8 Å². The first-order valence-corrected chi connectivity index (χ1v) is 5.63. The third kappa shape index (κ3) is 4.51. The number of carbonyl (C=O) groups is 1. The molecule has 0 aromatic carbocycles. The smallest absolute Gasteiger partial charge is 0.318 e. The van der Waals surface area contributed by atoms with Crippen molar-refractivity contribution in [3.63, 3.8) is 0 Å². The Morgan fingerprint density at radius 2 is 2.14 bits per heavy atom. The predicted molar refractivity (Wildman–Crippen MR) is 58.4 cm³/mol. The molecule has 0 aromatic heterocycles. The number of alkyl halides is 1. The topological polar surface area (TPSA) is 41.1 Å². The van der Waals surface area contributed by atoms with Gasteiger partial charge >= 0.3 is 6.03 Å². The Balaban J connectivity index is 2.08. The van der Waals surface area contributed by atoms with Gasteiger partial charge in [0.2, 0.25) is 0 Å². The van der Waals surface area contributed by atoms with Crippen molar-refractivity contribution in [2.75, 3.05) is 12.4 Å². The van der Waals surface area contributed by atoms with E-state index >= 15 is 0 Å². The summed E-state index contributed by atoms with van der Waals surface area (Å²) < 4.78 is 0. The van der Waals surface area contributed by atoms with Crippen LogP contribution < -0.4 is 10.6 Å². The molecule has 1 saturated carbocycles. The second-order valence-corrected chi connectivity index (χ2v) is 3.87. The summed E-state index contributed by atoms with van der Waals surface area (Å²) in [5.74, 6) is 1.10. The number of amides is 2. The van der Waals surface area contributed by atoms with Crippen LogP contribution in [0.5, 0.6) is 0 Å². The summed E-state index contributed by atoms with van der Waals surface area (Å²) in [5.41, 5.74) is 0. The molecule has 1 aliphatic carbocycles. The Bertz CT molecular complexity index is 200. The zero-order chi connectivity index (χ0) is 10.2. The van der Waals surface area contributed by atoms with E-state index in [9.17, 15) is 4.79 Å². The number of hydrogen-bond donors (Lipinski definition) is 2. The summed E-state index contributed by atoms with van der Waals surface area (Å²) in [5, 5.41) is 5.28. The van der Waals surface area contributed by atoms with E-state index in [1.54, 1.807) is 6.20 Å². The monoisotopic (exact) mass is 216 g/mol. The maximum absolute atomic E-state index is 11.0. The van der Waals surface area contributed by atoms with E-state index in [2.05, 4.69) is 16.7 Å². The SMILES string of the molecule is O=C(N/C=C/C1CCCC1)NCCCl. The number of hydrogen-bond acceptors (Lipinski definition) is 1. The highest BCUT2D eigenvalue weighted by atomic mass is 35.5. The van der Waals surface area contributed by atoms with Gasteiger partial charge in [0.25, 0.3) is 0 Å². The molecule has 0 heterocycles. The summed E-state index contributed by atoms with van der Waals surface area (Å²) in [7, 11) is 0. The molecule has 2 N–H and O–H groups in total. The van der Waals surface area contributed by atoms with Crippen molar-refractivity contribution in [2.45, 2.75) is 25.7 Å². The summed E-state index contributed by atoms with van der Waals surface area (Å²) in [6.07, 6.45) is 8.94. The van der Waals surface area contributed by atoms with Crippen LogP contribution in [0.2, 0.25) is 0 Å². The summed E-state index contributed by atoms with van der Waals surface area (Å²) >= 11 is 5.42. The molecule has 0 radical (unpaired) electrons. The van der Waals surface area contributed by atoms with Crippen molar-refractivity contribution in [3.8, 4) is 0 Å². The van der Waals surface area contributed by atoms with Gasteiger partial charge in [-0.25, -0.2) is 4.79 Å². The molecule has 1 fully saturated rings. The third-order valence-electron chi connectivity index (χ3n) is 2.36. The fourth-order valence-corrected chi connectivity index (χ4v) is 1.72. The van der Waals surface area contributed by atoms with Crippen LogP contribution in [0, 0.1) is 5.92 Å². The lowest BCUT2D eigenvalue weighted by Crippen LogP contribution is -2.33. The van der Waals surface area contributed by atoms with Gasteiger partial charge in [0.05, 0.1) is 0 Å². The van der Waals surface area contributed by atoms with E-state index in [0.29, 0.717) is 18.3 Å². The molecule has 0 atom stereocenters. The Labute approximate surface area is 89.9 Å². The van der Waals surface area contributed by atoms with Crippen molar-refractivity contribution in [1.29, 1.82) is 0 Å². The number of urea groups is 1. The predicted octanol–water partition coefficient (Wildman–Crippen LogP) is 2.23. The van der Waals surface area contributed by atoms with E-state index in [-0.39, 0.29) is 6.03 Å². The fraction of sp³-hybridized carbons (Fsp3) is 0.700. The van der Waals surface area contributed by atoms with E-state index in [4.69, 9.17) is 11.6 Å². The number of rotatable bonds is 4. The van der Waals surface area contributed by atoms with Crippen LogP contribution in [0.4, 0.5) is 4.79 Å².